The number of carbonyl (C=O) groups is 1. The fraction of sp³-hybridized carbons (Fsp3) is 0.105. The summed E-state index contributed by atoms with van der Waals surface area (Å²) >= 11 is 0. The third-order valence-electron chi connectivity index (χ3n) is 3.85. The summed E-state index contributed by atoms with van der Waals surface area (Å²) in [7, 11) is 0. The molecule has 8 nitrogen and oxygen atoms in total. The zero-order chi connectivity index (χ0) is 19.4. The predicted molar refractivity (Wildman–Crippen MR) is 99.1 cm³/mol. The van der Waals surface area contributed by atoms with Crippen molar-refractivity contribution in [1.29, 1.82) is 0 Å². The van der Waals surface area contributed by atoms with Crippen molar-refractivity contribution in [3.8, 4) is 11.8 Å². The van der Waals surface area contributed by atoms with E-state index in [-0.39, 0.29) is 17.6 Å². The van der Waals surface area contributed by atoms with Gasteiger partial charge in [-0.05, 0) is 55.8 Å². The van der Waals surface area contributed by atoms with E-state index in [1.807, 2.05) is 6.92 Å². The Balaban J connectivity index is 1.74. The van der Waals surface area contributed by atoms with Crippen molar-refractivity contribution in [2.45, 2.75) is 13.8 Å². The lowest BCUT2D eigenvalue weighted by Crippen LogP contribution is -2.13. The number of nitro benzene ring substituents is 1. The van der Waals surface area contributed by atoms with E-state index < -0.39 is 4.92 Å². The monoisotopic (exact) mass is 364 g/mol. The summed E-state index contributed by atoms with van der Waals surface area (Å²) in [5, 5.41) is 13.7. The Bertz CT molecular complexity index is 1010. The summed E-state index contributed by atoms with van der Waals surface area (Å²) in [6, 6.07) is 11.3. The van der Waals surface area contributed by atoms with Crippen LogP contribution in [-0.4, -0.2) is 20.8 Å². The zero-order valence-corrected chi connectivity index (χ0v) is 14.7. The average Bonchev–Trinajstić information content (AvgIpc) is 2.64. The van der Waals surface area contributed by atoms with Crippen molar-refractivity contribution < 1.29 is 14.5 Å². The van der Waals surface area contributed by atoms with Crippen LogP contribution in [0.25, 0.3) is 0 Å². The molecule has 0 radical (unpaired) electrons. The molecule has 0 saturated carbocycles. The van der Waals surface area contributed by atoms with Gasteiger partial charge in [-0.3, -0.25) is 14.9 Å². The molecule has 0 aliphatic rings. The predicted octanol–water partition coefficient (Wildman–Crippen LogP) is 4.05. The van der Waals surface area contributed by atoms with E-state index >= 15 is 0 Å². The van der Waals surface area contributed by atoms with E-state index in [0.29, 0.717) is 22.6 Å². The Morgan fingerprint density at radius 1 is 1.07 bits per heavy atom. The lowest BCUT2D eigenvalue weighted by Gasteiger charge is -2.11. The van der Waals surface area contributed by atoms with E-state index in [2.05, 4.69) is 15.3 Å². The molecule has 1 aromatic heterocycles. The van der Waals surface area contributed by atoms with Gasteiger partial charge in [-0.2, -0.15) is 0 Å². The van der Waals surface area contributed by atoms with Gasteiger partial charge in [0.2, 0.25) is 0 Å². The smallest absolute Gasteiger partial charge is 0.321 e. The van der Waals surface area contributed by atoms with Crippen molar-refractivity contribution in [2.75, 3.05) is 5.32 Å². The summed E-state index contributed by atoms with van der Waals surface area (Å²) in [6.07, 6.45) is 3.16. The first-order valence-electron chi connectivity index (χ1n) is 8.06. The summed E-state index contributed by atoms with van der Waals surface area (Å²) in [5.41, 5.74) is 2.15. The molecule has 0 saturated heterocycles. The number of aryl methyl sites for hydroxylation is 2. The van der Waals surface area contributed by atoms with Crippen LogP contribution in [0.5, 0.6) is 11.8 Å². The summed E-state index contributed by atoms with van der Waals surface area (Å²) in [4.78, 5) is 30.8. The lowest BCUT2D eigenvalue weighted by molar-refractivity contribution is -0.385. The number of hydrogen-bond acceptors (Lipinski definition) is 6. The SMILES string of the molecule is Cc1cc(Oc2ncccn2)ccc1NC(=O)c1ccc([N+](=O)[O-])c(C)c1. The maximum atomic E-state index is 12.4. The molecule has 0 aliphatic carbocycles. The number of rotatable bonds is 5. The first kappa shape index (κ1) is 18.0. The number of anilines is 1. The summed E-state index contributed by atoms with van der Waals surface area (Å²) in [5.74, 6) is 0.194. The molecule has 0 bridgehead atoms. The molecule has 1 amide bonds. The first-order valence-corrected chi connectivity index (χ1v) is 8.06. The number of nitrogens with zero attached hydrogens (tertiary/aromatic N) is 3. The maximum absolute atomic E-state index is 12.4. The molecule has 2 aromatic carbocycles. The highest BCUT2D eigenvalue weighted by Crippen LogP contribution is 2.25. The summed E-state index contributed by atoms with van der Waals surface area (Å²) < 4.78 is 5.56. The van der Waals surface area contributed by atoms with Crippen LogP contribution in [0.15, 0.2) is 54.9 Å². The minimum atomic E-state index is -0.476. The Kier molecular flexibility index (Phi) is 5.07. The number of ether oxygens (including phenoxy) is 1. The van der Waals surface area contributed by atoms with Crippen LogP contribution in [-0.2, 0) is 0 Å². The fourth-order valence-electron chi connectivity index (χ4n) is 2.48. The van der Waals surface area contributed by atoms with Crippen molar-refractivity contribution in [3.63, 3.8) is 0 Å². The average molecular weight is 364 g/mol. The minimum Gasteiger partial charge on any atom is -0.424 e. The molecular formula is C19H16N4O4. The fourth-order valence-corrected chi connectivity index (χ4v) is 2.48. The van der Waals surface area contributed by atoms with Gasteiger partial charge in [-0.15, -0.1) is 0 Å². The number of carbonyl (C=O) groups excluding carboxylic acids is 1. The van der Waals surface area contributed by atoms with Gasteiger partial charge in [-0.25, -0.2) is 9.97 Å². The van der Waals surface area contributed by atoms with Crippen LogP contribution in [0.4, 0.5) is 11.4 Å². The highest BCUT2D eigenvalue weighted by Gasteiger charge is 2.14. The number of amides is 1. The van der Waals surface area contributed by atoms with Gasteiger partial charge in [0.15, 0.2) is 0 Å². The van der Waals surface area contributed by atoms with Crippen LogP contribution in [0.1, 0.15) is 21.5 Å². The molecule has 0 fully saturated rings. The van der Waals surface area contributed by atoms with E-state index in [0.717, 1.165) is 5.56 Å². The normalized spacial score (nSPS) is 10.3. The molecule has 27 heavy (non-hydrogen) atoms. The van der Waals surface area contributed by atoms with Crippen LogP contribution >= 0.6 is 0 Å². The molecule has 3 rings (SSSR count). The van der Waals surface area contributed by atoms with Gasteiger partial charge in [0.05, 0.1) is 4.92 Å². The molecule has 3 aromatic rings. The second kappa shape index (κ2) is 7.61. The second-order valence-corrected chi connectivity index (χ2v) is 5.82. The maximum Gasteiger partial charge on any atom is 0.321 e. The molecule has 8 heteroatoms. The number of benzene rings is 2. The van der Waals surface area contributed by atoms with Crippen LogP contribution in [0.3, 0.4) is 0 Å². The third-order valence-corrected chi connectivity index (χ3v) is 3.85. The number of hydrogen-bond donors (Lipinski definition) is 1. The van der Waals surface area contributed by atoms with Crippen molar-refractivity contribution >= 4 is 17.3 Å². The largest absolute Gasteiger partial charge is 0.424 e. The Labute approximate surface area is 155 Å². The number of nitrogens with one attached hydrogen (secondary N) is 1. The zero-order valence-electron chi connectivity index (χ0n) is 14.7. The van der Waals surface area contributed by atoms with Crippen molar-refractivity contribution in [1.82, 2.24) is 9.97 Å². The Morgan fingerprint density at radius 2 is 1.81 bits per heavy atom. The molecule has 0 atom stereocenters. The molecule has 0 aliphatic heterocycles. The van der Waals surface area contributed by atoms with E-state index in [9.17, 15) is 14.9 Å². The highest BCUT2D eigenvalue weighted by molar-refractivity contribution is 6.05. The first-order chi connectivity index (χ1) is 12.9. The van der Waals surface area contributed by atoms with E-state index in [1.54, 1.807) is 43.6 Å². The van der Waals surface area contributed by atoms with Crippen LogP contribution in [0.2, 0.25) is 0 Å². The standard InChI is InChI=1S/C19H16N4O4/c1-12-11-15(27-19-20-8-3-9-21-19)5-6-16(12)22-18(24)14-4-7-17(23(25)26)13(2)10-14/h3-11H,1-2H3,(H,22,24). The van der Waals surface area contributed by atoms with Crippen molar-refractivity contribution in [2.24, 2.45) is 0 Å². The molecule has 0 unspecified atom stereocenters. The van der Waals surface area contributed by atoms with Gasteiger partial charge in [-0.1, -0.05) is 0 Å². The Hall–Kier alpha value is -3.81. The molecule has 136 valence electrons. The van der Waals surface area contributed by atoms with Gasteiger partial charge < -0.3 is 10.1 Å². The minimum absolute atomic E-state index is 0.0210. The Morgan fingerprint density at radius 3 is 2.44 bits per heavy atom. The van der Waals surface area contributed by atoms with Crippen LogP contribution < -0.4 is 10.1 Å². The molecular weight excluding hydrogens is 348 g/mol. The molecule has 0 spiro atoms. The topological polar surface area (TPSA) is 107 Å². The van der Waals surface area contributed by atoms with Crippen LogP contribution in [0, 0.1) is 24.0 Å². The molecule has 1 N–H and O–H groups in total. The van der Waals surface area contributed by atoms with Gasteiger partial charge >= 0.3 is 6.01 Å². The highest BCUT2D eigenvalue weighted by atomic mass is 16.6. The quantitative estimate of drug-likeness (QED) is 0.541. The van der Waals surface area contributed by atoms with E-state index in [1.165, 1.54) is 18.2 Å². The van der Waals surface area contributed by atoms with Gasteiger partial charge in [0.1, 0.15) is 5.75 Å². The number of aromatic nitrogens is 2. The van der Waals surface area contributed by atoms with Gasteiger partial charge in [0.25, 0.3) is 11.6 Å². The number of nitro groups is 1. The van der Waals surface area contributed by atoms with Crippen molar-refractivity contribution in [3.05, 3.63) is 81.7 Å². The summed E-state index contributed by atoms with van der Waals surface area (Å²) in [6.45, 7) is 3.42. The lowest BCUT2D eigenvalue weighted by atomic mass is 10.1. The third kappa shape index (κ3) is 4.24. The van der Waals surface area contributed by atoms with Gasteiger partial charge in [0, 0.05) is 35.3 Å². The molecule has 1 heterocycles. The second-order valence-electron chi connectivity index (χ2n) is 5.82. The van der Waals surface area contributed by atoms with E-state index in [4.69, 9.17) is 4.74 Å².